The average Bonchev–Trinajstić information content (AvgIpc) is 3.30. The van der Waals surface area contributed by atoms with Crippen LogP contribution in [-0.4, -0.2) is 33.2 Å². The van der Waals surface area contributed by atoms with E-state index in [0.29, 0.717) is 34.0 Å². The van der Waals surface area contributed by atoms with Gasteiger partial charge in [-0.05, 0) is 35.9 Å². The van der Waals surface area contributed by atoms with E-state index in [2.05, 4.69) is 5.32 Å². The van der Waals surface area contributed by atoms with Crippen LogP contribution in [0.1, 0.15) is 34.1 Å². The topological polar surface area (TPSA) is 96.2 Å². The summed E-state index contributed by atoms with van der Waals surface area (Å²) in [7, 11) is 4.35. The Kier molecular flexibility index (Phi) is 7.75. The van der Waals surface area contributed by atoms with Gasteiger partial charge < -0.3 is 28.7 Å². The number of carbonyl (C=O) groups is 2. The van der Waals surface area contributed by atoms with E-state index in [0.717, 1.165) is 5.39 Å². The molecule has 3 aromatic carbocycles. The molecule has 0 aliphatic rings. The number of ether oxygens (including phenoxy) is 4. The van der Waals surface area contributed by atoms with Crippen LogP contribution >= 0.6 is 0 Å². The molecular formula is C28H27NO7. The van der Waals surface area contributed by atoms with Crippen molar-refractivity contribution in [2.24, 2.45) is 0 Å². The predicted octanol–water partition coefficient (Wildman–Crippen LogP) is 5.06. The highest BCUT2D eigenvalue weighted by atomic mass is 16.5. The van der Waals surface area contributed by atoms with E-state index in [1.807, 2.05) is 48.5 Å². The van der Waals surface area contributed by atoms with Crippen LogP contribution in [0.4, 0.5) is 0 Å². The van der Waals surface area contributed by atoms with Crippen LogP contribution < -0.4 is 19.5 Å². The molecule has 0 bridgehead atoms. The van der Waals surface area contributed by atoms with Crippen LogP contribution in [0.25, 0.3) is 11.0 Å². The summed E-state index contributed by atoms with van der Waals surface area (Å²) >= 11 is 0. The Morgan fingerprint density at radius 3 is 2.33 bits per heavy atom. The average molecular weight is 490 g/mol. The third-order valence-corrected chi connectivity index (χ3v) is 5.74. The number of fused-ring (bicyclic) bond motifs is 1. The highest BCUT2D eigenvalue weighted by Gasteiger charge is 2.26. The predicted molar refractivity (Wildman–Crippen MR) is 133 cm³/mol. The normalized spacial score (nSPS) is 11.5. The molecule has 1 N–H and O–H groups in total. The fraction of sp³-hybridized carbons (Fsp3) is 0.214. The molecule has 0 saturated carbocycles. The van der Waals surface area contributed by atoms with Gasteiger partial charge in [0.25, 0.3) is 5.91 Å². The van der Waals surface area contributed by atoms with Crippen molar-refractivity contribution < 1.29 is 33.0 Å². The Morgan fingerprint density at radius 1 is 0.889 bits per heavy atom. The van der Waals surface area contributed by atoms with Gasteiger partial charge in [0, 0.05) is 10.9 Å². The summed E-state index contributed by atoms with van der Waals surface area (Å²) in [6, 6.07) is 21.2. The highest BCUT2D eigenvalue weighted by Crippen LogP contribution is 2.32. The number of furan rings is 1. The number of methoxy groups -OCH3 is 3. The van der Waals surface area contributed by atoms with Crippen molar-refractivity contribution in [3.8, 4) is 17.2 Å². The smallest absolute Gasteiger partial charge is 0.307 e. The number of esters is 1. The van der Waals surface area contributed by atoms with Gasteiger partial charge in [0.1, 0.15) is 17.9 Å². The number of para-hydroxylation sites is 2. The standard InChI is InChI=1S/C28H27NO7/c1-32-24-14-13-18(15-25(24)33-2)22(16-26(30)34-3)29-28(31)27-21(17-35-19-9-5-4-6-10-19)20-11-7-8-12-23(20)36-27/h4-15,22H,16-17H2,1-3H3,(H,29,31). The lowest BCUT2D eigenvalue weighted by Gasteiger charge is -2.19. The minimum atomic E-state index is -0.708. The molecule has 0 aliphatic carbocycles. The third kappa shape index (κ3) is 5.43. The van der Waals surface area contributed by atoms with Crippen molar-refractivity contribution in [2.45, 2.75) is 19.1 Å². The molecule has 1 heterocycles. The fourth-order valence-electron chi connectivity index (χ4n) is 3.89. The van der Waals surface area contributed by atoms with Crippen molar-refractivity contribution in [2.75, 3.05) is 21.3 Å². The third-order valence-electron chi connectivity index (χ3n) is 5.74. The van der Waals surface area contributed by atoms with Crippen LogP contribution in [0.2, 0.25) is 0 Å². The van der Waals surface area contributed by atoms with Gasteiger partial charge in [-0.25, -0.2) is 0 Å². The fourth-order valence-corrected chi connectivity index (χ4v) is 3.89. The Morgan fingerprint density at radius 2 is 1.61 bits per heavy atom. The monoisotopic (exact) mass is 489 g/mol. The van der Waals surface area contributed by atoms with Crippen molar-refractivity contribution in [1.29, 1.82) is 0 Å². The van der Waals surface area contributed by atoms with Gasteiger partial charge in [-0.3, -0.25) is 9.59 Å². The van der Waals surface area contributed by atoms with Gasteiger partial charge in [-0.15, -0.1) is 0 Å². The first-order chi connectivity index (χ1) is 17.5. The van der Waals surface area contributed by atoms with Gasteiger partial charge >= 0.3 is 5.97 Å². The zero-order valence-corrected chi connectivity index (χ0v) is 20.3. The first-order valence-corrected chi connectivity index (χ1v) is 11.3. The van der Waals surface area contributed by atoms with Crippen LogP contribution in [-0.2, 0) is 16.1 Å². The highest BCUT2D eigenvalue weighted by molar-refractivity contribution is 5.99. The quantitative estimate of drug-likeness (QED) is 0.311. The van der Waals surface area contributed by atoms with E-state index in [9.17, 15) is 9.59 Å². The number of amides is 1. The molecule has 1 amide bonds. The lowest BCUT2D eigenvalue weighted by atomic mass is 10.0. The largest absolute Gasteiger partial charge is 0.493 e. The first kappa shape index (κ1) is 24.7. The SMILES string of the molecule is COC(=O)CC(NC(=O)c1oc2ccccc2c1COc1ccccc1)c1ccc(OC)c(OC)c1. The number of hydrogen-bond donors (Lipinski definition) is 1. The molecule has 1 aromatic heterocycles. The molecule has 0 saturated heterocycles. The molecule has 0 spiro atoms. The second-order valence-corrected chi connectivity index (χ2v) is 7.93. The molecule has 1 atom stereocenters. The molecule has 0 aliphatic heterocycles. The Labute approximate surface area is 208 Å². The van der Waals surface area contributed by atoms with Crippen LogP contribution in [0.5, 0.6) is 17.2 Å². The van der Waals surface area contributed by atoms with E-state index < -0.39 is 17.9 Å². The molecular weight excluding hydrogens is 462 g/mol. The lowest BCUT2D eigenvalue weighted by Crippen LogP contribution is -2.31. The molecule has 4 aromatic rings. The first-order valence-electron chi connectivity index (χ1n) is 11.3. The number of benzene rings is 3. The van der Waals surface area contributed by atoms with Gasteiger partial charge in [-0.1, -0.05) is 42.5 Å². The Balaban J connectivity index is 1.66. The van der Waals surface area contributed by atoms with Crippen LogP contribution in [0.15, 0.2) is 77.2 Å². The minimum absolute atomic E-state index is 0.0895. The van der Waals surface area contributed by atoms with Gasteiger partial charge in [0.2, 0.25) is 0 Å². The number of carbonyl (C=O) groups excluding carboxylic acids is 2. The van der Waals surface area contributed by atoms with Crippen LogP contribution in [0, 0.1) is 0 Å². The summed E-state index contributed by atoms with van der Waals surface area (Å²) in [5, 5.41) is 3.69. The summed E-state index contributed by atoms with van der Waals surface area (Å²) in [6.07, 6.45) is -0.0895. The summed E-state index contributed by atoms with van der Waals surface area (Å²) in [5.41, 5.74) is 1.81. The van der Waals surface area contributed by atoms with E-state index in [4.69, 9.17) is 23.4 Å². The van der Waals surface area contributed by atoms with Crippen molar-refractivity contribution in [3.63, 3.8) is 0 Å². The zero-order chi connectivity index (χ0) is 25.5. The Bertz CT molecular complexity index is 1350. The molecule has 0 fully saturated rings. The molecule has 1 unspecified atom stereocenters. The maximum absolute atomic E-state index is 13.5. The van der Waals surface area contributed by atoms with Gasteiger partial charge in [-0.2, -0.15) is 0 Å². The number of nitrogens with one attached hydrogen (secondary N) is 1. The molecule has 186 valence electrons. The van der Waals surface area contributed by atoms with Crippen molar-refractivity contribution >= 4 is 22.8 Å². The van der Waals surface area contributed by atoms with Gasteiger partial charge in [0.15, 0.2) is 17.3 Å². The molecule has 8 nitrogen and oxygen atoms in total. The van der Waals surface area contributed by atoms with Crippen molar-refractivity contribution in [1.82, 2.24) is 5.32 Å². The summed E-state index contributed by atoms with van der Waals surface area (Å²) in [6.45, 7) is 0.127. The Hall–Kier alpha value is -4.46. The van der Waals surface area contributed by atoms with E-state index >= 15 is 0 Å². The summed E-state index contributed by atoms with van der Waals surface area (Å²) in [4.78, 5) is 25.7. The lowest BCUT2D eigenvalue weighted by molar-refractivity contribution is -0.141. The minimum Gasteiger partial charge on any atom is -0.493 e. The second-order valence-electron chi connectivity index (χ2n) is 7.93. The zero-order valence-electron chi connectivity index (χ0n) is 20.3. The second kappa shape index (κ2) is 11.3. The molecule has 0 radical (unpaired) electrons. The molecule has 8 heteroatoms. The van der Waals surface area contributed by atoms with Gasteiger partial charge in [0.05, 0.1) is 33.8 Å². The maximum atomic E-state index is 13.5. The summed E-state index contributed by atoms with van der Waals surface area (Å²) < 4.78 is 27.4. The molecule has 4 rings (SSSR count). The van der Waals surface area contributed by atoms with E-state index in [1.54, 1.807) is 24.3 Å². The summed E-state index contributed by atoms with van der Waals surface area (Å²) in [5.74, 6) is 0.821. The number of hydrogen-bond acceptors (Lipinski definition) is 7. The molecule has 36 heavy (non-hydrogen) atoms. The van der Waals surface area contributed by atoms with Crippen molar-refractivity contribution in [3.05, 3.63) is 89.7 Å². The van der Waals surface area contributed by atoms with E-state index in [1.165, 1.54) is 21.3 Å². The van der Waals surface area contributed by atoms with E-state index in [-0.39, 0.29) is 18.8 Å². The van der Waals surface area contributed by atoms with Crippen LogP contribution in [0.3, 0.4) is 0 Å². The number of rotatable bonds is 10. The maximum Gasteiger partial charge on any atom is 0.307 e.